The molecule has 4 rings (SSSR count). The molecule has 6 nitrogen and oxygen atoms in total. The molecule has 2 heterocycles. The Kier molecular flexibility index (Phi) is 5.67. The molecule has 150 valence electrons. The molecule has 1 aliphatic rings. The summed E-state index contributed by atoms with van der Waals surface area (Å²) in [6.45, 7) is 3.18. The van der Waals surface area contributed by atoms with E-state index in [1.165, 1.54) is 0 Å². The van der Waals surface area contributed by atoms with E-state index in [1.54, 1.807) is 35.4 Å². The van der Waals surface area contributed by atoms with E-state index in [9.17, 15) is 4.79 Å². The lowest BCUT2D eigenvalue weighted by atomic mass is 10.2. The van der Waals surface area contributed by atoms with Crippen molar-refractivity contribution in [2.24, 2.45) is 0 Å². The molecule has 7 heteroatoms. The Morgan fingerprint density at radius 2 is 2.07 bits per heavy atom. The van der Waals surface area contributed by atoms with Gasteiger partial charge in [-0.2, -0.15) is 0 Å². The van der Waals surface area contributed by atoms with Crippen LogP contribution in [0.15, 0.2) is 53.9 Å². The smallest absolute Gasteiger partial charge is 0.253 e. The van der Waals surface area contributed by atoms with Crippen molar-refractivity contribution in [3.8, 4) is 17.2 Å². The first-order valence-electron chi connectivity index (χ1n) is 9.36. The van der Waals surface area contributed by atoms with Gasteiger partial charge in [0.05, 0.1) is 17.2 Å². The molecule has 29 heavy (non-hydrogen) atoms. The third-order valence-corrected chi connectivity index (χ3v) is 5.35. The molecule has 1 aromatic heterocycles. The number of nitrogens with zero attached hydrogens (tertiary/aromatic N) is 2. The Labute approximate surface area is 173 Å². The van der Waals surface area contributed by atoms with Gasteiger partial charge in [0.25, 0.3) is 5.91 Å². The van der Waals surface area contributed by atoms with Gasteiger partial charge in [-0.25, -0.2) is 4.98 Å². The van der Waals surface area contributed by atoms with Gasteiger partial charge in [0.15, 0.2) is 17.6 Å². The maximum atomic E-state index is 12.9. The SMILES string of the molecule is Cc1nc(COc2cccc(C(=O)N(C)C[C@H]3COc4ccccc4O3)c2)cs1. The zero-order chi connectivity index (χ0) is 20.2. The van der Waals surface area contributed by atoms with Crippen molar-refractivity contribution in [2.45, 2.75) is 19.6 Å². The van der Waals surface area contributed by atoms with Crippen molar-refractivity contribution in [1.82, 2.24) is 9.88 Å². The van der Waals surface area contributed by atoms with Crippen LogP contribution in [0.2, 0.25) is 0 Å². The summed E-state index contributed by atoms with van der Waals surface area (Å²) >= 11 is 1.59. The van der Waals surface area contributed by atoms with Crippen LogP contribution in [0.5, 0.6) is 17.2 Å². The highest BCUT2D eigenvalue weighted by Crippen LogP contribution is 2.31. The Bertz CT molecular complexity index is 1000. The Balaban J connectivity index is 1.36. The summed E-state index contributed by atoms with van der Waals surface area (Å²) in [7, 11) is 1.76. The third kappa shape index (κ3) is 4.68. The molecular weight excluding hydrogens is 388 g/mol. The van der Waals surface area contributed by atoms with Gasteiger partial charge < -0.3 is 19.1 Å². The molecule has 0 bridgehead atoms. The summed E-state index contributed by atoms with van der Waals surface area (Å²) in [5.74, 6) is 1.98. The zero-order valence-corrected chi connectivity index (χ0v) is 17.1. The van der Waals surface area contributed by atoms with Crippen LogP contribution in [0.4, 0.5) is 0 Å². The summed E-state index contributed by atoms with van der Waals surface area (Å²) < 4.78 is 17.5. The van der Waals surface area contributed by atoms with E-state index in [0.29, 0.717) is 36.8 Å². The van der Waals surface area contributed by atoms with E-state index in [0.717, 1.165) is 16.5 Å². The monoisotopic (exact) mass is 410 g/mol. The molecule has 0 saturated heterocycles. The van der Waals surface area contributed by atoms with Crippen LogP contribution in [0.1, 0.15) is 21.1 Å². The van der Waals surface area contributed by atoms with Crippen molar-refractivity contribution >= 4 is 17.2 Å². The number of ether oxygens (including phenoxy) is 3. The summed E-state index contributed by atoms with van der Waals surface area (Å²) in [6, 6.07) is 14.7. The molecular formula is C22H22N2O4S. The van der Waals surface area contributed by atoms with Crippen molar-refractivity contribution in [2.75, 3.05) is 20.2 Å². The van der Waals surface area contributed by atoms with E-state index >= 15 is 0 Å². The number of hydrogen-bond donors (Lipinski definition) is 0. The first-order chi connectivity index (χ1) is 14.1. The third-order valence-electron chi connectivity index (χ3n) is 4.53. The van der Waals surface area contributed by atoms with Crippen LogP contribution >= 0.6 is 11.3 Å². The van der Waals surface area contributed by atoms with Crippen LogP contribution in [0, 0.1) is 6.92 Å². The lowest BCUT2D eigenvalue weighted by molar-refractivity contribution is 0.0520. The minimum Gasteiger partial charge on any atom is -0.487 e. The number of para-hydroxylation sites is 2. The Morgan fingerprint density at radius 1 is 1.24 bits per heavy atom. The normalized spacial score (nSPS) is 15.0. The van der Waals surface area contributed by atoms with Crippen LogP contribution in [0.25, 0.3) is 0 Å². The van der Waals surface area contributed by atoms with Gasteiger partial charge in [-0.1, -0.05) is 18.2 Å². The highest BCUT2D eigenvalue weighted by molar-refractivity contribution is 7.09. The van der Waals surface area contributed by atoms with E-state index in [4.69, 9.17) is 14.2 Å². The molecule has 1 atom stereocenters. The second-order valence-corrected chi connectivity index (χ2v) is 7.92. The molecule has 0 spiro atoms. The highest BCUT2D eigenvalue weighted by atomic mass is 32.1. The van der Waals surface area contributed by atoms with E-state index in [2.05, 4.69) is 4.98 Å². The largest absolute Gasteiger partial charge is 0.487 e. The fourth-order valence-electron chi connectivity index (χ4n) is 3.11. The number of carbonyl (C=O) groups is 1. The van der Waals surface area contributed by atoms with Gasteiger partial charge in [-0.05, 0) is 37.3 Å². The number of amides is 1. The predicted molar refractivity (Wildman–Crippen MR) is 111 cm³/mol. The van der Waals surface area contributed by atoms with Crippen LogP contribution in [0.3, 0.4) is 0 Å². The van der Waals surface area contributed by atoms with Crippen molar-refractivity contribution in [1.29, 1.82) is 0 Å². The fourth-order valence-corrected chi connectivity index (χ4v) is 3.71. The number of rotatable bonds is 6. The van der Waals surface area contributed by atoms with Crippen LogP contribution < -0.4 is 14.2 Å². The van der Waals surface area contributed by atoms with E-state index in [-0.39, 0.29) is 12.0 Å². The van der Waals surface area contributed by atoms with E-state index in [1.807, 2.05) is 48.7 Å². The second kappa shape index (κ2) is 8.53. The van der Waals surface area contributed by atoms with Gasteiger partial charge in [0.2, 0.25) is 0 Å². The highest BCUT2D eigenvalue weighted by Gasteiger charge is 2.24. The summed E-state index contributed by atoms with van der Waals surface area (Å²) in [4.78, 5) is 18.9. The first-order valence-corrected chi connectivity index (χ1v) is 10.2. The van der Waals surface area contributed by atoms with Crippen molar-refractivity contribution < 1.29 is 19.0 Å². The van der Waals surface area contributed by atoms with Gasteiger partial charge in [-0.3, -0.25) is 4.79 Å². The molecule has 0 fully saturated rings. The summed E-state index contributed by atoms with van der Waals surface area (Å²) in [5, 5.41) is 2.98. The zero-order valence-electron chi connectivity index (χ0n) is 16.3. The van der Waals surface area contributed by atoms with Crippen LogP contribution in [-0.2, 0) is 6.61 Å². The lowest BCUT2D eigenvalue weighted by Gasteiger charge is -2.29. The Morgan fingerprint density at radius 3 is 2.86 bits per heavy atom. The first kappa shape index (κ1) is 19.3. The Hall–Kier alpha value is -3.06. The van der Waals surface area contributed by atoms with Crippen LogP contribution in [-0.4, -0.2) is 42.1 Å². The van der Waals surface area contributed by atoms with Crippen molar-refractivity contribution in [3.05, 3.63) is 70.2 Å². The molecule has 2 aromatic carbocycles. The van der Waals surface area contributed by atoms with E-state index < -0.39 is 0 Å². The number of fused-ring (bicyclic) bond motifs is 1. The van der Waals surface area contributed by atoms with Gasteiger partial charge in [-0.15, -0.1) is 11.3 Å². The number of aromatic nitrogens is 1. The molecule has 0 N–H and O–H groups in total. The quantitative estimate of drug-likeness (QED) is 0.616. The number of thiazole rings is 1. The molecule has 0 unspecified atom stereocenters. The van der Waals surface area contributed by atoms with Gasteiger partial charge >= 0.3 is 0 Å². The lowest BCUT2D eigenvalue weighted by Crippen LogP contribution is -2.41. The number of benzene rings is 2. The minimum absolute atomic E-state index is 0.0950. The topological polar surface area (TPSA) is 60.9 Å². The van der Waals surface area contributed by atoms with Gasteiger partial charge in [0, 0.05) is 18.0 Å². The maximum absolute atomic E-state index is 12.9. The standard InChI is InChI=1S/C22H22N2O4S/c1-15-23-17(14-29-15)12-26-18-7-5-6-16(10-18)22(25)24(2)11-19-13-27-20-8-3-4-9-21(20)28-19/h3-10,14,19H,11-13H2,1-2H3/t19-/m0/s1. The average Bonchev–Trinajstić information content (AvgIpc) is 3.17. The molecule has 1 aliphatic heterocycles. The number of likely N-dealkylation sites (N-methyl/N-ethyl adjacent to an activating group) is 1. The minimum atomic E-state index is -0.216. The van der Waals surface area contributed by atoms with Gasteiger partial charge in [0.1, 0.15) is 19.0 Å². The number of aryl methyl sites for hydroxylation is 1. The fraction of sp³-hybridized carbons (Fsp3) is 0.273. The molecule has 3 aromatic rings. The summed E-state index contributed by atoms with van der Waals surface area (Å²) in [5.41, 5.74) is 1.45. The maximum Gasteiger partial charge on any atom is 0.253 e. The second-order valence-electron chi connectivity index (χ2n) is 6.86. The number of carbonyl (C=O) groups excluding carboxylic acids is 1. The molecule has 0 saturated carbocycles. The molecule has 0 radical (unpaired) electrons. The number of hydrogen-bond acceptors (Lipinski definition) is 6. The molecule has 0 aliphatic carbocycles. The molecule has 1 amide bonds. The average molecular weight is 410 g/mol. The summed E-state index contributed by atoms with van der Waals surface area (Å²) in [6.07, 6.45) is -0.216. The predicted octanol–water partition coefficient (Wildman–Crippen LogP) is 3.94. The van der Waals surface area contributed by atoms with Crippen molar-refractivity contribution in [3.63, 3.8) is 0 Å².